The number of nitrogens with zero attached hydrogens (tertiary/aromatic N) is 1. The maximum Gasteiger partial charge on any atom is 0.349 e. The van der Waals surface area contributed by atoms with E-state index in [0.717, 1.165) is 0 Å². The highest BCUT2D eigenvalue weighted by molar-refractivity contribution is 7.89. The van der Waals surface area contributed by atoms with Gasteiger partial charge >= 0.3 is 5.63 Å². The van der Waals surface area contributed by atoms with Gasteiger partial charge in [0.15, 0.2) is 5.58 Å². The second-order valence-corrected chi connectivity index (χ2v) is 7.24. The lowest BCUT2D eigenvalue weighted by Crippen LogP contribution is -2.23. The molecule has 0 aliphatic heterocycles. The molecule has 0 saturated carbocycles. The number of benzene rings is 1. The minimum Gasteiger partial charge on any atom is -0.420 e. The molecule has 0 aliphatic carbocycles. The van der Waals surface area contributed by atoms with E-state index in [1.165, 1.54) is 36.5 Å². The van der Waals surface area contributed by atoms with Crippen molar-refractivity contribution in [2.75, 3.05) is 5.32 Å². The SMILES string of the molecule is Cc1ncc(CO)c2cc(C(=O)Nc3ccccc3S(N)(=O)=O)c(=O)oc12. The van der Waals surface area contributed by atoms with Crippen LogP contribution < -0.4 is 16.1 Å². The predicted molar refractivity (Wildman–Crippen MR) is 96.7 cm³/mol. The molecule has 0 saturated heterocycles. The molecule has 0 aliphatic rings. The van der Waals surface area contributed by atoms with E-state index in [4.69, 9.17) is 9.56 Å². The first-order chi connectivity index (χ1) is 12.7. The van der Waals surface area contributed by atoms with Crippen LogP contribution >= 0.6 is 0 Å². The van der Waals surface area contributed by atoms with Gasteiger partial charge < -0.3 is 14.8 Å². The molecule has 2 heterocycles. The number of fused-ring (bicyclic) bond motifs is 1. The molecule has 0 spiro atoms. The Morgan fingerprint density at radius 2 is 2.04 bits per heavy atom. The standard InChI is InChI=1S/C17H15N3O6S/c1-9-15-11(10(8-21)7-19-9)6-12(17(23)26-15)16(22)20-13-4-2-3-5-14(13)27(18,24)25/h2-7,21H,8H2,1H3,(H,20,22)(H2,18,24,25). The van der Waals surface area contributed by atoms with E-state index in [0.29, 0.717) is 16.6 Å². The molecule has 9 nitrogen and oxygen atoms in total. The summed E-state index contributed by atoms with van der Waals surface area (Å²) >= 11 is 0. The smallest absolute Gasteiger partial charge is 0.349 e. The van der Waals surface area contributed by atoms with Gasteiger partial charge in [0, 0.05) is 17.1 Å². The Labute approximate surface area is 153 Å². The van der Waals surface area contributed by atoms with Crippen LogP contribution in [0.1, 0.15) is 21.6 Å². The minimum absolute atomic E-state index is 0.0715. The summed E-state index contributed by atoms with van der Waals surface area (Å²) in [7, 11) is -4.08. The number of aliphatic hydroxyl groups is 1. The predicted octanol–water partition coefficient (Wildman–Crippen LogP) is 0.888. The van der Waals surface area contributed by atoms with E-state index >= 15 is 0 Å². The number of hydrogen-bond donors (Lipinski definition) is 3. The van der Waals surface area contributed by atoms with Gasteiger partial charge in [-0.25, -0.2) is 18.4 Å². The van der Waals surface area contributed by atoms with Crippen LogP contribution in [0.4, 0.5) is 5.69 Å². The summed E-state index contributed by atoms with van der Waals surface area (Å²) in [6, 6.07) is 6.80. The first kappa shape index (κ1) is 18.7. The monoisotopic (exact) mass is 389 g/mol. The van der Waals surface area contributed by atoms with Gasteiger partial charge in [0.1, 0.15) is 10.5 Å². The topological polar surface area (TPSA) is 153 Å². The number of hydrogen-bond acceptors (Lipinski definition) is 7. The first-order valence-corrected chi connectivity index (χ1v) is 9.23. The van der Waals surface area contributed by atoms with E-state index in [1.807, 2.05) is 0 Å². The van der Waals surface area contributed by atoms with Gasteiger partial charge in [0.05, 0.1) is 18.0 Å². The molecule has 0 atom stereocenters. The summed E-state index contributed by atoms with van der Waals surface area (Å²) in [5.41, 5.74) is -0.393. The van der Waals surface area contributed by atoms with Crippen LogP contribution in [-0.2, 0) is 16.6 Å². The molecule has 2 aromatic heterocycles. The number of nitrogens with two attached hydrogens (primary N) is 1. The van der Waals surface area contributed by atoms with E-state index in [-0.39, 0.29) is 28.3 Å². The fraction of sp³-hybridized carbons (Fsp3) is 0.118. The van der Waals surface area contributed by atoms with E-state index in [1.54, 1.807) is 6.92 Å². The molecule has 3 rings (SSSR count). The third-order valence-electron chi connectivity index (χ3n) is 3.89. The van der Waals surface area contributed by atoms with E-state index in [2.05, 4.69) is 10.3 Å². The number of nitrogens with one attached hydrogen (secondary N) is 1. The van der Waals surface area contributed by atoms with Gasteiger partial charge in [0.25, 0.3) is 5.91 Å². The number of pyridine rings is 1. The van der Waals surface area contributed by atoms with Crippen molar-refractivity contribution in [3.8, 4) is 0 Å². The summed E-state index contributed by atoms with van der Waals surface area (Å²) in [6.07, 6.45) is 1.41. The molecule has 0 fully saturated rings. The molecule has 0 radical (unpaired) electrons. The Morgan fingerprint density at radius 3 is 2.70 bits per heavy atom. The number of aromatic nitrogens is 1. The van der Waals surface area contributed by atoms with Gasteiger partial charge in [-0.1, -0.05) is 12.1 Å². The largest absolute Gasteiger partial charge is 0.420 e. The van der Waals surface area contributed by atoms with Crippen LogP contribution in [0.25, 0.3) is 11.0 Å². The molecule has 1 amide bonds. The third-order valence-corrected chi connectivity index (χ3v) is 4.86. The second-order valence-electron chi connectivity index (χ2n) is 5.71. The Bertz CT molecular complexity index is 1220. The van der Waals surface area contributed by atoms with Crippen molar-refractivity contribution in [3.63, 3.8) is 0 Å². The number of primary sulfonamides is 1. The summed E-state index contributed by atoms with van der Waals surface area (Å²) in [6.45, 7) is 1.25. The molecule has 0 bridgehead atoms. The number of aliphatic hydroxyl groups excluding tert-OH is 1. The fourth-order valence-electron chi connectivity index (χ4n) is 2.57. The Morgan fingerprint density at radius 1 is 1.33 bits per heavy atom. The second kappa shape index (κ2) is 6.91. The zero-order valence-corrected chi connectivity index (χ0v) is 14.9. The summed E-state index contributed by atoms with van der Waals surface area (Å²) < 4.78 is 28.5. The Kier molecular flexibility index (Phi) is 4.79. The first-order valence-electron chi connectivity index (χ1n) is 7.68. The maximum atomic E-state index is 12.6. The summed E-state index contributed by atoms with van der Waals surface area (Å²) in [5, 5.41) is 17.3. The van der Waals surface area contributed by atoms with E-state index in [9.17, 15) is 23.1 Å². The quantitative estimate of drug-likeness (QED) is 0.599. The van der Waals surface area contributed by atoms with Crippen molar-refractivity contribution >= 4 is 32.6 Å². The number of amides is 1. The highest BCUT2D eigenvalue weighted by Crippen LogP contribution is 2.23. The number of anilines is 1. The van der Waals surface area contributed by atoms with Crippen molar-refractivity contribution < 1.29 is 22.7 Å². The molecule has 3 aromatic rings. The lowest BCUT2D eigenvalue weighted by atomic mass is 10.1. The van der Waals surface area contributed by atoms with E-state index < -0.39 is 21.6 Å². The summed E-state index contributed by atoms with van der Waals surface area (Å²) in [4.78, 5) is 28.5. The molecule has 0 unspecified atom stereocenters. The van der Waals surface area contributed by atoms with Crippen LogP contribution in [0.2, 0.25) is 0 Å². The van der Waals surface area contributed by atoms with Crippen molar-refractivity contribution in [2.24, 2.45) is 5.14 Å². The van der Waals surface area contributed by atoms with Crippen molar-refractivity contribution in [1.82, 2.24) is 4.98 Å². The lowest BCUT2D eigenvalue weighted by Gasteiger charge is -2.10. The number of carbonyl (C=O) groups is 1. The number of rotatable bonds is 4. The van der Waals surface area contributed by atoms with Crippen LogP contribution in [-0.4, -0.2) is 24.4 Å². The van der Waals surface area contributed by atoms with Gasteiger partial charge in [-0.3, -0.25) is 9.78 Å². The van der Waals surface area contributed by atoms with Crippen LogP contribution in [0.5, 0.6) is 0 Å². The molecule has 10 heteroatoms. The van der Waals surface area contributed by atoms with Crippen molar-refractivity contribution in [3.05, 3.63) is 63.8 Å². The number of sulfonamides is 1. The van der Waals surface area contributed by atoms with Gasteiger partial charge in [0.2, 0.25) is 10.0 Å². The van der Waals surface area contributed by atoms with Gasteiger partial charge in [-0.2, -0.15) is 0 Å². The zero-order valence-electron chi connectivity index (χ0n) is 14.1. The van der Waals surface area contributed by atoms with Crippen molar-refractivity contribution in [2.45, 2.75) is 18.4 Å². The minimum atomic E-state index is -4.08. The average molecular weight is 389 g/mol. The third kappa shape index (κ3) is 3.58. The summed E-state index contributed by atoms with van der Waals surface area (Å²) in [5.74, 6) is -0.875. The average Bonchev–Trinajstić information content (AvgIpc) is 2.61. The normalized spacial score (nSPS) is 11.5. The Hall–Kier alpha value is -3.08. The molecule has 1 aromatic carbocycles. The molecule has 140 valence electrons. The Balaban J connectivity index is 2.10. The molecule has 27 heavy (non-hydrogen) atoms. The van der Waals surface area contributed by atoms with Crippen LogP contribution in [0.15, 0.2) is 50.6 Å². The molecule has 4 N–H and O–H groups in total. The van der Waals surface area contributed by atoms with Crippen molar-refractivity contribution in [1.29, 1.82) is 0 Å². The molecular formula is C17H15N3O6S. The lowest BCUT2D eigenvalue weighted by molar-refractivity contribution is 0.102. The van der Waals surface area contributed by atoms with Crippen LogP contribution in [0.3, 0.4) is 0 Å². The maximum absolute atomic E-state index is 12.6. The van der Waals surface area contributed by atoms with Gasteiger partial charge in [-0.05, 0) is 25.1 Å². The van der Waals surface area contributed by atoms with Crippen LogP contribution in [0, 0.1) is 6.92 Å². The molecular weight excluding hydrogens is 374 g/mol. The highest BCUT2D eigenvalue weighted by Gasteiger charge is 2.20. The number of carbonyl (C=O) groups excluding carboxylic acids is 1. The zero-order chi connectivity index (χ0) is 19.8. The van der Waals surface area contributed by atoms with Gasteiger partial charge in [-0.15, -0.1) is 0 Å². The number of aryl methyl sites for hydroxylation is 1. The highest BCUT2D eigenvalue weighted by atomic mass is 32.2. The number of para-hydroxylation sites is 1. The fourth-order valence-corrected chi connectivity index (χ4v) is 3.27.